The molecule has 0 radical (unpaired) electrons. The van der Waals surface area contributed by atoms with Crippen LogP contribution in [0, 0.1) is 25.7 Å². The Hall–Kier alpha value is -2.51. The standard InChI is InChI=1S/C25H24BrN3O2S/c1-14-4-3-5-17(10-14)23-22(28-15(2)32-23)25(31)29-13-18-11-20(18)21(29)12-27-24(30)16-6-8-19(26)9-7-16/h3-10,18,20-21H,11-13H2,1-2H3,(H,27,30)/t18-,20?,21+/m0/s1. The number of aromatic nitrogens is 1. The molecule has 1 aliphatic carbocycles. The predicted octanol–water partition coefficient (Wildman–Crippen LogP) is 5.08. The van der Waals surface area contributed by atoms with Crippen LogP contribution in [0.4, 0.5) is 0 Å². The minimum absolute atomic E-state index is 0.0132. The molecule has 3 atom stereocenters. The zero-order chi connectivity index (χ0) is 22.4. The van der Waals surface area contributed by atoms with Gasteiger partial charge < -0.3 is 10.2 Å². The van der Waals surface area contributed by atoms with E-state index < -0.39 is 0 Å². The lowest BCUT2D eigenvalue weighted by Gasteiger charge is -2.27. The fourth-order valence-electron chi connectivity index (χ4n) is 4.66. The number of benzene rings is 2. The van der Waals surface area contributed by atoms with Crippen molar-refractivity contribution in [3.63, 3.8) is 0 Å². The minimum atomic E-state index is -0.112. The third-order valence-electron chi connectivity index (χ3n) is 6.36. The number of carbonyl (C=O) groups is 2. The average Bonchev–Trinajstić information content (AvgIpc) is 3.29. The maximum Gasteiger partial charge on any atom is 0.274 e. The molecular formula is C25H24BrN3O2S. The number of hydrogen-bond acceptors (Lipinski definition) is 4. The Morgan fingerprint density at radius 3 is 2.72 bits per heavy atom. The molecule has 3 aromatic rings. The van der Waals surface area contributed by atoms with Crippen LogP contribution in [-0.2, 0) is 0 Å². The molecule has 2 aliphatic rings. The van der Waals surface area contributed by atoms with Gasteiger partial charge in [-0.3, -0.25) is 9.59 Å². The van der Waals surface area contributed by atoms with Crippen molar-refractivity contribution in [1.29, 1.82) is 0 Å². The van der Waals surface area contributed by atoms with Gasteiger partial charge in [-0.1, -0.05) is 45.8 Å². The van der Waals surface area contributed by atoms with Gasteiger partial charge in [-0.15, -0.1) is 11.3 Å². The summed E-state index contributed by atoms with van der Waals surface area (Å²) in [5.74, 6) is 0.863. The highest BCUT2D eigenvalue weighted by Gasteiger charge is 2.54. The van der Waals surface area contributed by atoms with Crippen LogP contribution >= 0.6 is 27.3 Å². The van der Waals surface area contributed by atoms with E-state index in [4.69, 9.17) is 0 Å². The highest BCUT2D eigenvalue weighted by molar-refractivity contribution is 9.10. The lowest BCUT2D eigenvalue weighted by atomic mass is 10.1. The molecule has 2 aromatic carbocycles. The van der Waals surface area contributed by atoms with Gasteiger partial charge in [-0.25, -0.2) is 4.98 Å². The smallest absolute Gasteiger partial charge is 0.274 e. The molecule has 1 aliphatic heterocycles. The normalized spacial score (nSPS) is 21.3. The van der Waals surface area contributed by atoms with E-state index in [0.29, 0.717) is 29.6 Å². The molecule has 1 N–H and O–H groups in total. The Bertz CT molecular complexity index is 1190. The van der Waals surface area contributed by atoms with Crippen molar-refractivity contribution in [3.8, 4) is 10.4 Å². The molecule has 32 heavy (non-hydrogen) atoms. The summed E-state index contributed by atoms with van der Waals surface area (Å²) in [7, 11) is 0. The Kier molecular flexibility index (Phi) is 5.63. The Morgan fingerprint density at radius 1 is 1.19 bits per heavy atom. The topological polar surface area (TPSA) is 62.3 Å². The van der Waals surface area contributed by atoms with E-state index in [1.807, 2.05) is 36.1 Å². The molecule has 0 spiro atoms. The Labute approximate surface area is 200 Å². The fourth-order valence-corrected chi connectivity index (χ4v) is 5.83. The van der Waals surface area contributed by atoms with Crippen molar-refractivity contribution in [1.82, 2.24) is 15.2 Å². The lowest BCUT2D eigenvalue weighted by Crippen LogP contribution is -2.45. The van der Waals surface area contributed by atoms with Crippen LogP contribution < -0.4 is 5.32 Å². The van der Waals surface area contributed by atoms with Crippen LogP contribution in [0.15, 0.2) is 53.0 Å². The predicted molar refractivity (Wildman–Crippen MR) is 130 cm³/mol. The summed E-state index contributed by atoms with van der Waals surface area (Å²) in [5.41, 5.74) is 3.34. The van der Waals surface area contributed by atoms with Gasteiger partial charge in [0.05, 0.1) is 15.9 Å². The molecule has 1 unspecified atom stereocenters. The van der Waals surface area contributed by atoms with E-state index in [-0.39, 0.29) is 17.9 Å². The number of nitrogens with zero attached hydrogens (tertiary/aromatic N) is 2. The van der Waals surface area contributed by atoms with E-state index >= 15 is 0 Å². The third-order valence-corrected chi connectivity index (χ3v) is 7.91. The van der Waals surface area contributed by atoms with E-state index in [2.05, 4.69) is 45.3 Å². The SMILES string of the molecule is Cc1cccc(-c2sc(C)nc2C(=O)N2C[C@@H]3CC3[C@H]2CNC(=O)c2ccc(Br)cc2)c1. The third kappa shape index (κ3) is 4.11. The van der Waals surface area contributed by atoms with Gasteiger partial charge >= 0.3 is 0 Å². The van der Waals surface area contributed by atoms with Crippen molar-refractivity contribution in [2.45, 2.75) is 26.3 Å². The molecule has 2 heterocycles. The summed E-state index contributed by atoms with van der Waals surface area (Å²) >= 11 is 4.96. The van der Waals surface area contributed by atoms with Gasteiger partial charge in [-0.2, -0.15) is 0 Å². The number of hydrogen-bond donors (Lipinski definition) is 1. The lowest BCUT2D eigenvalue weighted by molar-refractivity contribution is 0.0690. The largest absolute Gasteiger partial charge is 0.350 e. The minimum Gasteiger partial charge on any atom is -0.350 e. The number of halogens is 1. The van der Waals surface area contributed by atoms with E-state index in [0.717, 1.165) is 38.4 Å². The molecule has 1 saturated heterocycles. The van der Waals surface area contributed by atoms with Crippen LogP contribution in [0.5, 0.6) is 0 Å². The summed E-state index contributed by atoms with van der Waals surface area (Å²) < 4.78 is 0.936. The molecule has 164 valence electrons. The number of likely N-dealkylation sites (tertiary alicyclic amines) is 1. The highest BCUT2D eigenvalue weighted by Crippen LogP contribution is 2.50. The van der Waals surface area contributed by atoms with Crippen LogP contribution in [0.3, 0.4) is 0 Å². The number of nitrogens with one attached hydrogen (secondary N) is 1. The van der Waals surface area contributed by atoms with Gasteiger partial charge in [-0.05, 0) is 61.9 Å². The summed E-state index contributed by atoms with van der Waals surface area (Å²) in [6, 6.07) is 15.5. The number of rotatable bonds is 5. The number of amides is 2. The number of thiazole rings is 1. The zero-order valence-corrected chi connectivity index (χ0v) is 20.4. The second-order valence-electron chi connectivity index (χ2n) is 8.68. The molecule has 5 nitrogen and oxygen atoms in total. The van der Waals surface area contributed by atoms with Crippen molar-refractivity contribution in [2.75, 3.05) is 13.1 Å². The van der Waals surface area contributed by atoms with E-state index in [1.54, 1.807) is 23.5 Å². The second-order valence-corrected chi connectivity index (χ2v) is 10.8. The van der Waals surface area contributed by atoms with Gasteiger partial charge in [0.15, 0.2) is 0 Å². The Morgan fingerprint density at radius 2 is 1.97 bits per heavy atom. The van der Waals surface area contributed by atoms with Crippen molar-refractivity contribution >= 4 is 39.1 Å². The highest BCUT2D eigenvalue weighted by atomic mass is 79.9. The maximum atomic E-state index is 13.6. The first-order valence-electron chi connectivity index (χ1n) is 10.8. The van der Waals surface area contributed by atoms with Gasteiger partial charge in [0.2, 0.25) is 0 Å². The second kappa shape index (κ2) is 8.45. The fraction of sp³-hybridized carbons (Fsp3) is 0.320. The zero-order valence-electron chi connectivity index (χ0n) is 18.0. The van der Waals surface area contributed by atoms with E-state index in [9.17, 15) is 9.59 Å². The molecule has 1 saturated carbocycles. The average molecular weight is 510 g/mol. The molecule has 1 aromatic heterocycles. The van der Waals surface area contributed by atoms with Gasteiger partial charge in [0, 0.05) is 23.1 Å². The number of fused-ring (bicyclic) bond motifs is 1. The molecule has 0 bridgehead atoms. The monoisotopic (exact) mass is 509 g/mol. The van der Waals surface area contributed by atoms with Crippen LogP contribution in [0.1, 0.15) is 37.8 Å². The van der Waals surface area contributed by atoms with Crippen molar-refractivity contribution in [3.05, 3.63) is 74.8 Å². The van der Waals surface area contributed by atoms with Crippen molar-refractivity contribution in [2.24, 2.45) is 11.8 Å². The number of carbonyl (C=O) groups excluding carboxylic acids is 2. The van der Waals surface area contributed by atoms with Crippen LogP contribution in [0.2, 0.25) is 0 Å². The van der Waals surface area contributed by atoms with Gasteiger partial charge in [0.25, 0.3) is 11.8 Å². The van der Waals surface area contributed by atoms with Crippen LogP contribution in [0.25, 0.3) is 10.4 Å². The summed E-state index contributed by atoms with van der Waals surface area (Å²) in [6.07, 6.45) is 1.13. The summed E-state index contributed by atoms with van der Waals surface area (Å²) in [6.45, 7) is 5.20. The molecule has 2 fully saturated rings. The first-order valence-corrected chi connectivity index (χ1v) is 12.4. The van der Waals surface area contributed by atoms with Gasteiger partial charge in [0.1, 0.15) is 5.69 Å². The molecule has 7 heteroatoms. The molecule has 2 amide bonds. The number of piperidine rings is 1. The molecule has 5 rings (SSSR count). The maximum absolute atomic E-state index is 13.6. The Balaban J connectivity index is 1.35. The number of aryl methyl sites for hydroxylation is 2. The first kappa shape index (κ1) is 21.3. The van der Waals surface area contributed by atoms with Crippen molar-refractivity contribution < 1.29 is 9.59 Å². The van der Waals surface area contributed by atoms with Crippen LogP contribution in [-0.4, -0.2) is 40.8 Å². The summed E-state index contributed by atoms with van der Waals surface area (Å²) in [4.78, 5) is 33.7. The quantitative estimate of drug-likeness (QED) is 0.521. The first-order chi connectivity index (χ1) is 15.4. The van der Waals surface area contributed by atoms with E-state index in [1.165, 1.54) is 0 Å². The summed E-state index contributed by atoms with van der Waals surface area (Å²) in [5, 5.41) is 3.93. The molecular weight excluding hydrogens is 486 g/mol.